The van der Waals surface area contributed by atoms with E-state index in [1.807, 2.05) is 0 Å². The highest BCUT2D eigenvalue weighted by Crippen LogP contribution is 2.39. The summed E-state index contributed by atoms with van der Waals surface area (Å²) >= 11 is 0. The van der Waals surface area contributed by atoms with Gasteiger partial charge in [0.2, 0.25) is 5.91 Å². The van der Waals surface area contributed by atoms with Gasteiger partial charge in [0.25, 0.3) is 0 Å². The zero-order chi connectivity index (χ0) is 13.8. The summed E-state index contributed by atoms with van der Waals surface area (Å²) in [7, 11) is 2.95. The van der Waals surface area contributed by atoms with Crippen LogP contribution >= 0.6 is 0 Å². The number of hydrogen-bond acceptors (Lipinski definition) is 4. The Kier molecular flexibility index (Phi) is 5.14. The molecule has 5 nitrogen and oxygen atoms in total. The molecule has 1 aliphatic carbocycles. The summed E-state index contributed by atoms with van der Waals surface area (Å²) in [5, 5.41) is 0. The molecule has 0 aromatic rings. The average molecular weight is 256 g/mol. The first-order valence-corrected chi connectivity index (χ1v) is 6.47. The van der Waals surface area contributed by atoms with E-state index >= 15 is 0 Å². The van der Waals surface area contributed by atoms with Gasteiger partial charge in [-0.05, 0) is 31.6 Å². The fourth-order valence-electron chi connectivity index (χ4n) is 2.55. The van der Waals surface area contributed by atoms with E-state index in [4.69, 9.17) is 5.73 Å². The van der Waals surface area contributed by atoms with Crippen LogP contribution in [-0.4, -0.2) is 44.0 Å². The molecule has 1 amide bonds. The standard InChI is InChI=1S/C13H24N2O3/c1-10-4-6-13(9-14,7-5-10)12(17)15(2)8-11(16)18-3/h10H,4-9,14H2,1-3H3. The van der Waals surface area contributed by atoms with E-state index in [0.29, 0.717) is 12.5 Å². The number of ether oxygens (including phenoxy) is 1. The van der Waals surface area contributed by atoms with Gasteiger partial charge in [0, 0.05) is 13.6 Å². The van der Waals surface area contributed by atoms with Gasteiger partial charge in [-0.3, -0.25) is 9.59 Å². The van der Waals surface area contributed by atoms with Crippen molar-refractivity contribution in [2.45, 2.75) is 32.6 Å². The molecule has 0 heterocycles. The van der Waals surface area contributed by atoms with Crippen LogP contribution in [0.15, 0.2) is 0 Å². The maximum Gasteiger partial charge on any atom is 0.325 e. The molecular weight excluding hydrogens is 232 g/mol. The lowest BCUT2D eigenvalue weighted by molar-refractivity contribution is -0.151. The van der Waals surface area contributed by atoms with Crippen molar-refractivity contribution in [1.29, 1.82) is 0 Å². The lowest BCUT2D eigenvalue weighted by atomic mass is 9.70. The fraction of sp³-hybridized carbons (Fsp3) is 0.846. The minimum atomic E-state index is -0.477. The highest BCUT2D eigenvalue weighted by atomic mass is 16.5. The van der Waals surface area contributed by atoms with E-state index in [1.54, 1.807) is 7.05 Å². The van der Waals surface area contributed by atoms with Crippen LogP contribution in [0.4, 0.5) is 0 Å². The molecular formula is C13H24N2O3. The minimum absolute atomic E-state index is 0.00730. The van der Waals surface area contributed by atoms with Crippen molar-refractivity contribution in [3.8, 4) is 0 Å². The molecule has 1 rings (SSSR count). The molecule has 1 fully saturated rings. The lowest BCUT2D eigenvalue weighted by Crippen LogP contribution is -2.49. The van der Waals surface area contributed by atoms with Crippen LogP contribution in [0.5, 0.6) is 0 Å². The molecule has 0 spiro atoms. The van der Waals surface area contributed by atoms with Gasteiger partial charge in [-0.1, -0.05) is 6.92 Å². The first kappa shape index (κ1) is 15.0. The van der Waals surface area contributed by atoms with Crippen molar-refractivity contribution in [2.24, 2.45) is 17.1 Å². The Morgan fingerprint density at radius 2 is 1.94 bits per heavy atom. The number of hydrogen-bond donors (Lipinski definition) is 1. The van der Waals surface area contributed by atoms with Crippen molar-refractivity contribution in [1.82, 2.24) is 4.90 Å². The number of esters is 1. The molecule has 0 aromatic heterocycles. The molecule has 0 aliphatic heterocycles. The normalized spacial score (nSPS) is 27.7. The molecule has 0 bridgehead atoms. The summed E-state index contributed by atoms with van der Waals surface area (Å²) in [5.74, 6) is 0.230. The van der Waals surface area contributed by atoms with E-state index in [-0.39, 0.29) is 12.5 Å². The lowest BCUT2D eigenvalue weighted by Gasteiger charge is -2.39. The first-order valence-electron chi connectivity index (χ1n) is 6.47. The average Bonchev–Trinajstić information content (AvgIpc) is 2.39. The fourth-order valence-corrected chi connectivity index (χ4v) is 2.55. The monoisotopic (exact) mass is 256 g/mol. The van der Waals surface area contributed by atoms with Crippen molar-refractivity contribution in [2.75, 3.05) is 27.2 Å². The van der Waals surface area contributed by atoms with Crippen LogP contribution in [0.1, 0.15) is 32.6 Å². The van der Waals surface area contributed by atoms with Crippen molar-refractivity contribution < 1.29 is 14.3 Å². The highest BCUT2D eigenvalue weighted by Gasteiger charge is 2.41. The maximum atomic E-state index is 12.4. The second-order valence-corrected chi connectivity index (χ2v) is 5.40. The van der Waals surface area contributed by atoms with E-state index in [9.17, 15) is 9.59 Å². The van der Waals surface area contributed by atoms with E-state index in [0.717, 1.165) is 25.7 Å². The van der Waals surface area contributed by atoms with Gasteiger partial charge in [-0.15, -0.1) is 0 Å². The molecule has 104 valence electrons. The summed E-state index contributed by atoms with van der Waals surface area (Å²) in [6.45, 7) is 2.54. The van der Waals surface area contributed by atoms with Crippen LogP contribution in [0.3, 0.4) is 0 Å². The molecule has 18 heavy (non-hydrogen) atoms. The predicted molar refractivity (Wildman–Crippen MR) is 68.8 cm³/mol. The summed E-state index contributed by atoms with van der Waals surface area (Å²) in [5.41, 5.74) is 5.35. The number of methoxy groups -OCH3 is 1. The Balaban J connectivity index is 2.69. The molecule has 0 aromatic carbocycles. The molecule has 5 heteroatoms. The van der Waals surface area contributed by atoms with Crippen LogP contribution < -0.4 is 5.73 Å². The number of nitrogens with two attached hydrogens (primary N) is 1. The summed E-state index contributed by atoms with van der Waals surface area (Å²) in [6.07, 6.45) is 3.67. The van der Waals surface area contributed by atoms with Crippen LogP contribution in [0.2, 0.25) is 0 Å². The zero-order valence-corrected chi connectivity index (χ0v) is 11.6. The number of carbonyl (C=O) groups is 2. The second-order valence-electron chi connectivity index (χ2n) is 5.40. The summed E-state index contributed by atoms with van der Waals surface area (Å²) in [6, 6.07) is 0. The van der Waals surface area contributed by atoms with E-state index < -0.39 is 11.4 Å². The topological polar surface area (TPSA) is 72.6 Å². The molecule has 2 N–H and O–H groups in total. The van der Waals surface area contributed by atoms with Gasteiger partial charge in [0.05, 0.1) is 12.5 Å². The van der Waals surface area contributed by atoms with Crippen molar-refractivity contribution >= 4 is 11.9 Å². The largest absolute Gasteiger partial charge is 0.468 e. The van der Waals surface area contributed by atoms with Crippen LogP contribution in [-0.2, 0) is 14.3 Å². The van der Waals surface area contributed by atoms with E-state index in [1.165, 1.54) is 12.0 Å². The van der Waals surface area contributed by atoms with Crippen molar-refractivity contribution in [3.05, 3.63) is 0 Å². The van der Waals surface area contributed by atoms with Gasteiger partial charge in [0.1, 0.15) is 6.54 Å². The SMILES string of the molecule is COC(=O)CN(C)C(=O)C1(CN)CCC(C)CC1. The van der Waals surface area contributed by atoms with Gasteiger partial charge in [-0.25, -0.2) is 0 Å². The summed E-state index contributed by atoms with van der Waals surface area (Å²) in [4.78, 5) is 25.1. The Bertz CT molecular complexity index is 309. The Morgan fingerprint density at radius 3 is 2.39 bits per heavy atom. The predicted octanol–water partition coefficient (Wildman–Crippen LogP) is 0.773. The number of rotatable bonds is 4. The van der Waals surface area contributed by atoms with Gasteiger partial charge in [0.15, 0.2) is 0 Å². The summed E-state index contributed by atoms with van der Waals surface area (Å²) < 4.78 is 4.58. The quantitative estimate of drug-likeness (QED) is 0.754. The van der Waals surface area contributed by atoms with Gasteiger partial charge >= 0.3 is 5.97 Å². The van der Waals surface area contributed by atoms with Gasteiger partial charge in [-0.2, -0.15) is 0 Å². The zero-order valence-electron chi connectivity index (χ0n) is 11.6. The molecule has 1 saturated carbocycles. The smallest absolute Gasteiger partial charge is 0.325 e. The second kappa shape index (κ2) is 6.18. The highest BCUT2D eigenvalue weighted by molar-refractivity contribution is 5.86. The molecule has 0 saturated heterocycles. The number of carbonyl (C=O) groups excluding carboxylic acids is 2. The maximum absolute atomic E-state index is 12.4. The third-order valence-corrected chi connectivity index (χ3v) is 4.02. The van der Waals surface area contributed by atoms with Gasteiger partial charge < -0.3 is 15.4 Å². The number of likely N-dealkylation sites (N-methyl/N-ethyl adjacent to an activating group) is 1. The van der Waals surface area contributed by atoms with E-state index in [2.05, 4.69) is 11.7 Å². The third kappa shape index (κ3) is 3.22. The number of amides is 1. The Morgan fingerprint density at radius 1 is 1.39 bits per heavy atom. The number of nitrogens with zero attached hydrogens (tertiary/aromatic N) is 1. The first-order chi connectivity index (χ1) is 8.45. The van der Waals surface area contributed by atoms with Crippen LogP contribution in [0, 0.1) is 11.3 Å². The Labute approximate surface area is 109 Å². The molecule has 0 radical (unpaired) electrons. The molecule has 0 unspecified atom stereocenters. The molecule has 1 aliphatic rings. The third-order valence-electron chi connectivity index (χ3n) is 4.02. The Hall–Kier alpha value is -1.10. The molecule has 0 atom stereocenters. The van der Waals surface area contributed by atoms with Crippen LogP contribution in [0.25, 0.3) is 0 Å². The van der Waals surface area contributed by atoms with Crippen molar-refractivity contribution in [3.63, 3.8) is 0 Å². The minimum Gasteiger partial charge on any atom is -0.468 e.